The van der Waals surface area contributed by atoms with Crippen molar-refractivity contribution in [3.8, 4) is 11.4 Å². The van der Waals surface area contributed by atoms with Crippen molar-refractivity contribution in [3.05, 3.63) is 81.8 Å². The molecule has 0 atom stereocenters. The minimum Gasteiger partial charge on any atom is -0.488 e. The summed E-state index contributed by atoms with van der Waals surface area (Å²) in [7, 11) is 1.79. The highest BCUT2D eigenvalue weighted by Crippen LogP contribution is 2.26. The number of rotatable bonds is 3. The van der Waals surface area contributed by atoms with E-state index >= 15 is 0 Å². The lowest BCUT2D eigenvalue weighted by molar-refractivity contribution is -0.113. The lowest BCUT2D eigenvalue weighted by Gasteiger charge is -2.17. The molecule has 6 heteroatoms. The van der Waals surface area contributed by atoms with Gasteiger partial charge in [0.25, 0.3) is 11.5 Å². The largest absolute Gasteiger partial charge is 0.488 e. The third-order valence-electron chi connectivity index (χ3n) is 4.72. The number of nitrogens with zero attached hydrogens (tertiary/aromatic N) is 2. The van der Waals surface area contributed by atoms with Crippen LogP contribution in [0, 0.1) is 6.92 Å². The topological polar surface area (TPSA) is 65.3 Å². The molecule has 4 rings (SSSR count). The summed E-state index contributed by atoms with van der Waals surface area (Å²) in [5.41, 5.74) is 2.74. The Morgan fingerprint density at radius 2 is 1.78 bits per heavy atom. The Morgan fingerprint density at radius 3 is 2.56 bits per heavy atom. The molecule has 0 unspecified atom stereocenters. The molecule has 1 aliphatic heterocycles. The van der Waals surface area contributed by atoms with Crippen LogP contribution in [0.3, 0.4) is 0 Å². The molecule has 0 radical (unpaired) electrons. The number of para-hydroxylation sites is 2. The summed E-state index contributed by atoms with van der Waals surface area (Å²) in [5, 5.41) is 2.77. The number of hydrogen-bond donors (Lipinski definition) is 1. The normalized spacial score (nSPS) is 12.7. The number of nitrogens with one attached hydrogen (secondary N) is 1. The first kappa shape index (κ1) is 16.9. The number of amides is 1. The van der Waals surface area contributed by atoms with E-state index < -0.39 is 0 Å². The molecule has 0 fully saturated rings. The lowest BCUT2D eigenvalue weighted by Crippen LogP contribution is -2.25. The van der Waals surface area contributed by atoms with Crippen LogP contribution < -0.4 is 15.6 Å². The molecular weight excluding hydrogens is 342 g/mol. The van der Waals surface area contributed by atoms with Crippen molar-refractivity contribution in [2.75, 3.05) is 11.9 Å². The van der Waals surface area contributed by atoms with Crippen LogP contribution in [-0.4, -0.2) is 21.9 Å². The van der Waals surface area contributed by atoms with Crippen LogP contribution in [0.5, 0.6) is 5.75 Å². The molecule has 0 aliphatic carbocycles. The number of carbonyl (C=O) groups excluding carboxylic acids is 1. The fourth-order valence-electron chi connectivity index (χ4n) is 3.15. The Balaban J connectivity index is 1.67. The summed E-state index contributed by atoms with van der Waals surface area (Å²) < 4.78 is 8.90. The summed E-state index contributed by atoms with van der Waals surface area (Å²) in [6, 6.07) is 16.8. The van der Waals surface area contributed by atoms with Gasteiger partial charge in [-0.15, -0.1) is 0 Å². The first-order valence-corrected chi connectivity index (χ1v) is 8.64. The second kappa shape index (κ2) is 6.64. The van der Waals surface area contributed by atoms with Gasteiger partial charge in [0.15, 0.2) is 0 Å². The third kappa shape index (κ3) is 2.95. The van der Waals surface area contributed by atoms with Gasteiger partial charge >= 0.3 is 0 Å². The van der Waals surface area contributed by atoms with Gasteiger partial charge in [0.2, 0.25) is 0 Å². The molecule has 2 aromatic carbocycles. The molecule has 0 bridgehead atoms. The number of ether oxygens (including phenoxy) is 1. The van der Waals surface area contributed by atoms with E-state index in [1.807, 2.05) is 54.6 Å². The highest BCUT2D eigenvalue weighted by Gasteiger charge is 2.22. The van der Waals surface area contributed by atoms with Gasteiger partial charge in [0, 0.05) is 12.6 Å². The lowest BCUT2D eigenvalue weighted by atomic mass is 10.1. The molecule has 1 aliphatic rings. The average molecular weight is 361 g/mol. The van der Waals surface area contributed by atoms with Crippen LogP contribution in [0.25, 0.3) is 11.8 Å². The Bertz CT molecular complexity index is 1110. The first-order chi connectivity index (χ1) is 13.1. The van der Waals surface area contributed by atoms with Crippen LogP contribution in [0.15, 0.2) is 65.0 Å². The Morgan fingerprint density at radius 1 is 1.07 bits per heavy atom. The molecule has 0 saturated carbocycles. The third-order valence-corrected chi connectivity index (χ3v) is 4.72. The minimum absolute atomic E-state index is 0.168. The number of aromatic nitrogens is 2. The summed E-state index contributed by atoms with van der Waals surface area (Å²) in [4.78, 5) is 25.6. The van der Waals surface area contributed by atoms with Gasteiger partial charge in [0.05, 0.1) is 17.0 Å². The fraction of sp³-hybridized carbons (Fsp3) is 0.143. The van der Waals surface area contributed by atoms with Gasteiger partial charge in [0.1, 0.15) is 18.0 Å². The van der Waals surface area contributed by atoms with E-state index in [1.54, 1.807) is 24.7 Å². The predicted octanol–water partition coefficient (Wildman–Crippen LogP) is 2.90. The number of benzene rings is 2. The number of anilines is 1. The van der Waals surface area contributed by atoms with Gasteiger partial charge in [-0.1, -0.05) is 36.4 Å². The quantitative estimate of drug-likeness (QED) is 0.780. The van der Waals surface area contributed by atoms with Crippen LogP contribution >= 0.6 is 0 Å². The number of carbonyl (C=O) groups is 1. The first-order valence-electron chi connectivity index (χ1n) is 8.64. The van der Waals surface area contributed by atoms with Gasteiger partial charge < -0.3 is 10.1 Å². The number of hydrogen-bond acceptors (Lipinski definition) is 3. The summed E-state index contributed by atoms with van der Waals surface area (Å²) in [5.74, 6) is 0.409. The van der Waals surface area contributed by atoms with E-state index in [2.05, 4.69) is 5.32 Å². The van der Waals surface area contributed by atoms with E-state index in [-0.39, 0.29) is 23.8 Å². The van der Waals surface area contributed by atoms with Crippen LogP contribution in [0.4, 0.5) is 5.69 Å². The zero-order valence-electron chi connectivity index (χ0n) is 15.1. The molecule has 0 saturated heterocycles. The minimum atomic E-state index is -0.337. The van der Waals surface area contributed by atoms with Crippen molar-refractivity contribution in [3.63, 3.8) is 0 Å². The smallest absolute Gasteiger partial charge is 0.295 e. The van der Waals surface area contributed by atoms with Crippen molar-refractivity contribution >= 4 is 17.7 Å². The molecule has 136 valence electrons. The molecular formula is C21H19N3O3. The fourth-order valence-corrected chi connectivity index (χ4v) is 3.15. The maximum absolute atomic E-state index is 12.9. The highest BCUT2D eigenvalue weighted by atomic mass is 16.5. The molecule has 1 aromatic heterocycles. The molecule has 2 heterocycles. The van der Waals surface area contributed by atoms with E-state index in [0.717, 1.165) is 17.0 Å². The van der Waals surface area contributed by atoms with Gasteiger partial charge in [-0.3, -0.25) is 14.3 Å². The van der Waals surface area contributed by atoms with E-state index in [9.17, 15) is 9.59 Å². The van der Waals surface area contributed by atoms with E-state index in [4.69, 9.17) is 4.74 Å². The second-order valence-corrected chi connectivity index (χ2v) is 6.39. The predicted molar refractivity (Wildman–Crippen MR) is 104 cm³/mol. The van der Waals surface area contributed by atoms with Crippen molar-refractivity contribution in [1.29, 1.82) is 0 Å². The molecule has 6 nitrogen and oxygen atoms in total. The monoisotopic (exact) mass is 361 g/mol. The summed E-state index contributed by atoms with van der Waals surface area (Å²) >= 11 is 0. The zero-order chi connectivity index (χ0) is 19.0. The Hall–Kier alpha value is -3.54. The standard InChI is InChI=1S/C21H19N3O3/c1-14-19(21(26)24(23(14)2)17-9-4-3-5-10-17)22-20(25)16-12-15-8-6-7-11-18(15)27-13-16/h3-12H,13H2,1-2H3,(H,22,25). The maximum Gasteiger partial charge on any atom is 0.295 e. The van der Waals surface area contributed by atoms with E-state index in [1.165, 1.54) is 4.68 Å². The van der Waals surface area contributed by atoms with Crippen LogP contribution in [0.1, 0.15) is 11.3 Å². The number of fused-ring (bicyclic) bond motifs is 1. The Kier molecular flexibility index (Phi) is 4.16. The SMILES string of the molecule is Cc1c(NC(=O)C2=Cc3ccccc3OC2)c(=O)n(-c2ccccc2)n1C. The molecule has 1 N–H and O–H groups in total. The highest BCUT2D eigenvalue weighted by molar-refractivity contribution is 6.07. The van der Waals surface area contributed by atoms with Crippen molar-refractivity contribution < 1.29 is 9.53 Å². The van der Waals surface area contributed by atoms with Gasteiger partial charge in [-0.25, -0.2) is 4.68 Å². The summed E-state index contributed by atoms with van der Waals surface area (Å²) in [6.45, 7) is 1.97. The van der Waals surface area contributed by atoms with Crippen LogP contribution in [0.2, 0.25) is 0 Å². The van der Waals surface area contributed by atoms with Gasteiger partial charge in [-0.05, 0) is 31.2 Å². The second-order valence-electron chi connectivity index (χ2n) is 6.39. The Labute approximate surface area is 156 Å². The molecule has 3 aromatic rings. The van der Waals surface area contributed by atoms with Gasteiger partial charge in [-0.2, -0.15) is 0 Å². The van der Waals surface area contributed by atoms with E-state index in [0.29, 0.717) is 11.3 Å². The molecule has 27 heavy (non-hydrogen) atoms. The summed E-state index contributed by atoms with van der Waals surface area (Å²) in [6.07, 6.45) is 1.79. The zero-order valence-corrected chi connectivity index (χ0v) is 15.1. The van der Waals surface area contributed by atoms with Crippen molar-refractivity contribution in [1.82, 2.24) is 9.36 Å². The molecule has 1 amide bonds. The molecule has 0 spiro atoms. The maximum atomic E-state index is 12.9. The van der Waals surface area contributed by atoms with Crippen molar-refractivity contribution in [2.45, 2.75) is 6.92 Å². The average Bonchev–Trinajstić information content (AvgIpc) is 2.91. The van der Waals surface area contributed by atoms with Crippen molar-refractivity contribution in [2.24, 2.45) is 7.05 Å². The van der Waals surface area contributed by atoms with Crippen LogP contribution in [-0.2, 0) is 11.8 Å².